The third-order valence-corrected chi connectivity index (χ3v) is 3.82. The van der Waals surface area contributed by atoms with E-state index in [4.69, 9.17) is 0 Å². The predicted molar refractivity (Wildman–Crippen MR) is 102 cm³/mol. The molecule has 0 spiro atoms. The smallest absolute Gasteiger partial charge is 0.238 e. The largest absolute Gasteiger partial charge is 0.325 e. The molecule has 5 heteroatoms. The molecule has 0 saturated carbocycles. The molecule has 0 atom stereocenters. The van der Waals surface area contributed by atoms with Crippen molar-refractivity contribution >= 4 is 23.2 Å². The van der Waals surface area contributed by atoms with Crippen LogP contribution in [0.2, 0.25) is 0 Å². The molecule has 2 N–H and O–H groups in total. The Morgan fingerprint density at radius 2 is 1.40 bits per heavy atom. The highest BCUT2D eigenvalue weighted by Crippen LogP contribution is 2.15. The van der Waals surface area contributed by atoms with Crippen molar-refractivity contribution in [2.24, 2.45) is 0 Å². The van der Waals surface area contributed by atoms with Crippen LogP contribution in [0.15, 0.2) is 42.5 Å². The maximum absolute atomic E-state index is 12.2. The summed E-state index contributed by atoms with van der Waals surface area (Å²) in [5, 5.41) is 5.71. The minimum atomic E-state index is -0.148. The van der Waals surface area contributed by atoms with Gasteiger partial charge in [0.2, 0.25) is 11.8 Å². The van der Waals surface area contributed by atoms with Gasteiger partial charge >= 0.3 is 0 Å². The van der Waals surface area contributed by atoms with E-state index in [1.54, 1.807) is 11.9 Å². The molecular formula is C20H25N3O2. The van der Waals surface area contributed by atoms with E-state index in [1.165, 1.54) is 0 Å². The monoisotopic (exact) mass is 339 g/mol. The molecule has 132 valence electrons. The fourth-order valence-electron chi connectivity index (χ4n) is 2.53. The summed E-state index contributed by atoms with van der Waals surface area (Å²) in [7, 11) is 1.75. The van der Waals surface area contributed by atoms with Crippen LogP contribution < -0.4 is 10.6 Å². The molecule has 0 bridgehead atoms. The molecule has 0 unspecified atom stereocenters. The lowest BCUT2D eigenvalue weighted by molar-refractivity contribution is -0.119. The van der Waals surface area contributed by atoms with Crippen LogP contribution in [0.1, 0.15) is 16.7 Å². The van der Waals surface area contributed by atoms with Crippen molar-refractivity contribution in [1.82, 2.24) is 4.90 Å². The van der Waals surface area contributed by atoms with Gasteiger partial charge in [-0.1, -0.05) is 35.4 Å². The molecule has 2 aromatic carbocycles. The Morgan fingerprint density at radius 1 is 0.840 bits per heavy atom. The van der Waals surface area contributed by atoms with Gasteiger partial charge in [0.05, 0.1) is 13.1 Å². The average molecular weight is 339 g/mol. The summed E-state index contributed by atoms with van der Waals surface area (Å²) in [5.41, 5.74) is 4.86. The zero-order chi connectivity index (χ0) is 18.4. The Balaban J connectivity index is 1.82. The van der Waals surface area contributed by atoms with Gasteiger partial charge in [-0.25, -0.2) is 0 Å². The fraction of sp³-hybridized carbons (Fsp3) is 0.300. The van der Waals surface area contributed by atoms with Gasteiger partial charge in [0.15, 0.2) is 0 Å². The van der Waals surface area contributed by atoms with Crippen molar-refractivity contribution in [3.05, 3.63) is 59.2 Å². The predicted octanol–water partition coefficient (Wildman–Crippen LogP) is 3.12. The quantitative estimate of drug-likeness (QED) is 0.850. The summed E-state index contributed by atoms with van der Waals surface area (Å²) in [4.78, 5) is 25.9. The second-order valence-corrected chi connectivity index (χ2v) is 6.45. The third-order valence-electron chi connectivity index (χ3n) is 3.82. The number of nitrogens with one attached hydrogen (secondary N) is 2. The number of anilines is 2. The first-order chi connectivity index (χ1) is 11.8. The average Bonchev–Trinajstić information content (AvgIpc) is 2.52. The van der Waals surface area contributed by atoms with Gasteiger partial charge in [-0.15, -0.1) is 0 Å². The number of rotatable bonds is 6. The SMILES string of the molecule is Cc1ccc(NC(=O)CN(C)CC(=O)Nc2ccc(C)cc2C)cc1. The molecule has 2 rings (SSSR count). The summed E-state index contributed by atoms with van der Waals surface area (Å²) in [6.07, 6.45) is 0. The maximum atomic E-state index is 12.2. The summed E-state index contributed by atoms with van der Waals surface area (Å²) in [6, 6.07) is 13.5. The number of carbonyl (C=O) groups excluding carboxylic acids is 2. The number of amides is 2. The molecule has 0 aliphatic heterocycles. The Bertz CT molecular complexity index is 754. The maximum Gasteiger partial charge on any atom is 0.238 e. The Kier molecular flexibility index (Phi) is 6.31. The normalized spacial score (nSPS) is 10.6. The lowest BCUT2D eigenvalue weighted by Gasteiger charge is -2.17. The van der Waals surface area contributed by atoms with E-state index >= 15 is 0 Å². The zero-order valence-corrected chi connectivity index (χ0v) is 15.2. The number of hydrogen-bond acceptors (Lipinski definition) is 3. The Hall–Kier alpha value is -2.66. The number of carbonyl (C=O) groups is 2. The van der Waals surface area contributed by atoms with Gasteiger partial charge in [0.1, 0.15) is 0 Å². The summed E-state index contributed by atoms with van der Waals surface area (Å²) in [5.74, 6) is -0.289. The van der Waals surface area contributed by atoms with E-state index in [2.05, 4.69) is 10.6 Å². The number of benzene rings is 2. The van der Waals surface area contributed by atoms with Crippen molar-refractivity contribution in [3.63, 3.8) is 0 Å². The standard InChI is InChI=1S/C20H25N3O2/c1-14-5-8-17(9-6-14)21-19(24)12-23(4)13-20(25)22-18-10-7-15(2)11-16(18)3/h5-11H,12-13H2,1-4H3,(H,21,24)(H,22,25). The molecule has 5 nitrogen and oxygen atoms in total. The van der Waals surface area contributed by atoms with Gasteiger partial charge < -0.3 is 10.6 Å². The molecule has 0 radical (unpaired) electrons. The van der Waals surface area contributed by atoms with Gasteiger partial charge in [-0.2, -0.15) is 0 Å². The molecule has 0 saturated heterocycles. The number of nitrogens with zero attached hydrogens (tertiary/aromatic N) is 1. The van der Waals surface area contributed by atoms with Crippen molar-refractivity contribution in [1.29, 1.82) is 0 Å². The van der Waals surface area contributed by atoms with Gasteiger partial charge in [0, 0.05) is 11.4 Å². The molecule has 0 aromatic heterocycles. The van der Waals surface area contributed by atoms with Crippen LogP contribution in [0.5, 0.6) is 0 Å². The minimum absolute atomic E-state index is 0.141. The highest BCUT2D eigenvalue weighted by atomic mass is 16.2. The van der Waals surface area contributed by atoms with Gasteiger partial charge in [-0.05, 0) is 51.6 Å². The number of hydrogen-bond donors (Lipinski definition) is 2. The molecular weight excluding hydrogens is 314 g/mol. The van der Waals surface area contributed by atoms with Gasteiger partial charge in [0.25, 0.3) is 0 Å². The first-order valence-corrected chi connectivity index (χ1v) is 8.25. The van der Waals surface area contributed by atoms with Crippen LogP contribution in [0.3, 0.4) is 0 Å². The Labute approximate surface area is 149 Å². The summed E-state index contributed by atoms with van der Waals surface area (Å²) < 4.78 is 0. The van der Waals surface area contributed by atoms with Crippen LogP contribution in [-0.4, -0.2) is 36.9 Å². The highest BCUT2D eigenvalue weighted by molar-refractivity contribution is 5.95. The first kappa shape index (κ1) is 18.7. The van der Waals surface area contributed by atoms with Crippen LogP contribution in [0, 0.1) is 20.8 Å². The molecule has 0 fully saturated rings. The van der Waals surface area contributed by atoms with Crippen LogP contribution >= 0.6 is 0 Å². The molecule has 2 amide bonds. The van der Waals surface area contributed by atoms with E-state index in [0.29, 0.717) is 0 Å². The molecule has 0 aliphatic carbocycles. The van der Waals surface area contributed by atoms with Crippen LogP contribution in [0.4, 0.5) is 11.4 Å². The molecule has 25 heavy (non-hydrogen) atoms. The lowest BCUT2D eigenvalue weighted by atomic mass is 10.1. The second-order valence-electron chi connectivity index (χ2n) is 6.45. The lowest BCUT2D eigenvalue weighted by Crippen LogP contribution is -2.36. The van der Waals surface area contributed by atoms with E-state index in [-0.39, 0.29) is 24.9 Å². The van der Waals surface area contributed by atoms with Crippen molar-refractivity contribution in [2.45, 2.75) is 20.8 Å². The molecule has 2 aromatic rings. The minimum Gasteiger partial charge on any atom is -0.325 e. The first-order valence-electron chi connectivity index (χ1n) is 8.25. The van der Waals surface area contributed by atoms with Crippen molar-refractivity contribution in [2.75, 3.05) is 30.8 Å². The number of likely N-dealkylation sites (N-methyl/N-ethyl adjacent to an activating group) is 1. The van der Waals surface area contributed by atoms with Gasteiger partial charge in [-0.3, -0.25) is 14.5 Å². The highest BCUT2D eigenvalue weighted by Gasteiger charge is 2.12. The third kappa shape index (κ3) is 6.04. The van der Waals surface area contributed by atoms with E-state index in [0.717, 1.165) is 28.1 Å². The molecule has 0 heterocycles. The van der Waals surface area contributed by atoms with E-state index < -0.39 is 0 Å². The second kappa shape index (κ2) is 8.44. The van der Waals surface area contributed by atoms with E-state index in [9.17, 15) is 9.59 Å². The summed E-state index contributed by atoms with van der Waals surface area (Å²) >= 11 is 0. The zero-order valence-electron chi connectivity index (χ0n) is 15.2. The topological polar surface area (TPSA) is 61.4 Å². The van der Waals surface area contributed by atoms with E-state index in [1.807, 2.05) is 63.2 Å². The van der Waals surface area contributed by atoms with Crippen LogP contribution in [0.25, 0.3) is 0 Å². The fourth-order valence-corrected chi connectivity index (χ4v) is 2.53. The number of aryl methyl sites for hydroxylation is 3. The summed E-state index contributed by atoms with van der Waals surface area (Å²) in [6.45, 7) is 6.26. The Morgan fingerprint density at radius 3 is 2.00 bits per heavy atom. The van der Waals surface area contributed by atoms with Crippen molar-refractivity contribution < 1.29 is 9.59 Å². The molecule has 0 aliphatic rings. The van der Waals surface area contributed by atoms with Crippen molar-refractivity contribution in [3.8, 4) is 0 Å². The van der Waals surface area contributed by atoms with Crippen LogP contribution in [-0.2, 0) is 9.59 Å².